The van der Waals surface area contributed by atoms with Crippen molar-refractivity contribution in [2.75, 3.05) is 11.9 Å². The van der Waals surface area contributed by atoms with Crippen LogP contribution < -0.4 is 10.6 Å². The van der Waals surface area contributed by atoms with Gasteiger partial charge in [0.2, 0.25) is 5.91 Å². The predicted octanol–water partition coefficient (Wildman–Crippen LogP) is 5.61. The lowest BCUT2D eigenvalue weighted by Crippen LogP contribution is -2.31. The maximum Gasteiger partial charge on any atom is 0.308 e. The predicted molar refractivity (Wildman–Crippen MR) is 143 cm³/mol. The Balaban J connectivity index is 1.60. The molecule has 1 atom stereocenters. The number of hydrogen-bond acceptors (Lipinski definition) is 5. The number of hydrogen-bond donors (Lipinski definition) is 2. The molecule has 0 aliphatic heterocycles. The summed E-state index contributed by atoms with van der Waals surface area (Å²) in [5, 5.41) is 5.91. The van der Waals surface area contributed by atoms with Crippen molar-refractivity contribution in [2.45, 2.75) is 33.2 Å². The van der Waals surface area contributed by atoms with Gasteiger partial charge in [0.15, 0.2) is 12.4 Å². The van der Waals surface area contributed by atoms with Crippen LogP contribution in [-0.4, -0.2) is 30.2 Å². The summed E-state index contributed by atoms with van der Waals surface area (Å²) in [6.07, 6.45) is -0.175. The molecule has 0 spiro atoms. The number of benzene rings is 3. The SMILES string of the molecule is CC(C)(C)C(=O)Nc1ccc(C(=O)COC(=O)C[C@H](NC(=O)c2ccccc2Cl)c2ccccc2)cc1. The zero-order valence-electron chi connectivity index (χ0n) is 20.9. The molecule has 8 heteroatoms. The second-order valence-electron chi connectivity index (χ2n) is 9.49. The fourth-order valence-electron chi connectivity index (χ4n) is 3.33. The standard InChI is InChI=1S/C29H29ClN2O5/c1-29(2,3)28(36)31-21-15-13-20(14-16-21)25(33)18-37-26(34)17-24(19-9-5-4-6-10-19)32-27(35)22-11-7-8-12-23(22)30/h4-16,24H,17-18H2,1-3H3,(H,31,36)(H,32,35)/t24-/m0/s1. The van der Waals surface area contributed by atoms with Gasteiger partial charge in [-0.2, -0.15) is 0 Å². The molecule has 7 nitrogen and oxygen atoms in total. The fourth-order valence-corrected chi connectivity index (χ4v) is 3.55. The molecule has 0 saturated carbocycles. The van der Waals surface area contributed by atoms with Crippen LogP contribution in [0.5, 0.6) is 0 Å². The summed E-state index contributed by atoms with van der Waals surface area (Å²) < 4.78 is 5.23. The molecule has 0 fully saturated rings. The van der Waals surface area contributed by atoms with Crippen molar-refractivity contribution in [1.29, 1.82) is 0 Å². The molecule has 0 heterocycles. The zero-order valence-corrected chi connectivity index (χ0v) is 21.7. The van der Waals surface area contributed by atoms with E-state index in [1.54, 1.807) is 93.6 Å². The van der Waals surface area contributed by atoms with Gasteiger partial charge in [-0.05, 0) is 42.0 Å². The highest BCUT2D eigenvalue weighted by Crippen LogP contribution is 2.21. The highest BCUT2D eigenvalue weighted by atomic mass is 35.5. The van der Waals surface area contributed by atoms with E-state index in [9.17, 15) is 19.2 Å². The van der Waals surface area contributed by atoms with E-state index in [-0.39, 0.29) is 17.9 Å². The van der Waals surface area contributed by atoms with Crippen LogP contribution in [0.25, 0.3) is 0 Å². The molecule has 192 valence electrons. The summed E-state index contributed by atoms with van der Waals surface area (Å²) in [5.74, 6) is -1.61. The van der Waals surface area contributed by atoms with Crippen molar-refractivity contribution >= 4 is 40.9 Å². The number of carbonyl (C=O) groups excluding carboxylic acids is 4. The van der Waals surface area contributed by atoms with E-state index >= 15 is 0 Å². The number of Topliss-reactive ketones (excluding diaryl/α,β-unsaturated/α-hetero) is 1. The average Bonchev–Trinajstić information content (AvgIpc) is 2.87. The van der Waals surface area contributed by atoms with Crippen LogP contribution in [0.4, 0.5) is 5.69 Å². The Morgan fingerprint density at radius 1 is 0.865 bits per heavy atom. The van der Waals surface area contributed by atoms with Crippen molar-refractivity contribution in [3.05, 3.63) is 101 Å². The van der Waals surface area contributed by atoms with Crippen LogP contribution in [0.3, 0.4) is 0 Å². The van der Waals surface area contributed by atoms with Crippen molar-refractivity contribution in [2.24, 2.45) is 5.41 Å². The average molecular weight is 521 g/mol. The van der Waals surface area contributed by atoms with E-state index < -0.39 is 35.7 Å². The van der Waals surface area contributed by atoms with Crippen LogP contribution in [0.1, 0.15) is 59.5 Å². The second-order valence-corrected chi connectivity index (χ2v) is 9.89. The second kappa shape index (κ2) is 12.3. The van der Waals surface area contributed by atoms with Crippen molar-refractivity contribution in [3.63, 3.8) is 0 Å². The minimum absolute atomic E-state index is 0.143. The number of carbonyl (C=O) groups is 4. The number of anilines is 1. The fraction of sp³-hybridized carbons (Fsp3) is 0.241. The Bertz CT molecular complexity index is 1270. The highest BCUT2D eigenvalue weighted by molar-refractivity contribution is 6.33. The lowest BCUT2D eigenvalue weighted by molar-refractivity contribution is -0.143. The van der Waals surface area contributed by atoms with Gasteiger partial charge in [0.05, 0.1) is 23.0 Å². The lowest BCUT2D eigenvalue weighted by atomic mass is 9.95. The third-order valence-corrected chi connectivity index (χ3v) is 5.84. The first-order valence-corrected chi connectivity index (χ1v) is 12.1. The number of nitrogens with one attached hydrogen (secondary N) is 2. The molecule has 37 heavy (non-hydrogen) atoms. The maximum absolute atomic E-state index is 12.8. The highest BCUT2D eigenvalue weighted by Gasteiger charge is 2.23. The summed E-state index contributed by atoms with van der Waals surface area (Å²) in [4.78, 5) is 50.1. The monoisotopic (exact) mass is 520 g/mol. The van der Waals surface area contributed by atoms with Crippen molar-refractivity contribution < 1.29 is 23.9 Å². The van der Waals surface area contributed by atoms with E-state index in [1.807, 2.05) is 6.07 Å². The Morgan fingerprint density at radius 3 is 2.11 bits per heavy atom. The summed E-state index contributed by atoms with van der Waals surface area (Å²) >= 11 is 6.14. The van der Waals surface area contributed by atoms with Gasteiger partial charge in [-0.15, -0.1) is 0 Å². The summed E-state index contributed by atoms with van der Waals surface area (Å²) in [7, 11) is 0. The largest absolute Gasteiger partial charge is 0.457 e. The molecular formula is C29H29ClN2O5. The molecule has 0 aromatic heterocycles. The van der Waals surface area contributed by atoms with Crippen LogP contribution in [0, 0.1) is 5.41 Å². The van der Waals surface area contributed by atoms with Crippen LogP contribution in [0.2, 0.25) is 5.02 Å². The Labute approximate surface area is 221 Å². The molecule has 0 unspecified atom stereocenters. The number of esters is 1. The molecule has 0 bridgehead atoms. The third kappa shape index (κ3) is 8.02. The molecule has 2 N–H and O–H groups in total. The molecule has 3 aromatic carbocycles. The van der Waals surface area contributed by atoms with Gasteiger partial charge < -0.3 is 15.4 Å². The van der Waals surface area contributed by atoms with Crippen LogP contribution >= 0.6 is 11.6 Å². The normalized spacial score (nSPS) is 11.8. The quantitative estimate of drug-likeness (QED) is 0.282. The minimum atomic E-state index is -0.682. The lowest BCUT2D eigenvalue weighted by Gasteiger charge is -2.19. The van der Waals surface area contributed by atoms with E-state index in [2.05, 4.69) is 10.6 Å². The first kappa shape index (κ1) is 27.6. The van der Waals surface area contributed by atoms with E-state index in [4.69, 9.17) is 16.3 Å². The van der Waals surface area contributed by atoms with Crippen LogP contribution in [-0.2, 0) is 14.3 Å². The zero-order chi connectivity index (χ0) is 27.0. The Kier molecular flexibility index (Phi) is 9.20. The molecule has 0 aliphatic rings. The molecule has 3 rings (SSSR count). The number of rotatable bonds is 9. The third-order valence-electron chi connectivity index (χ3n) is 5.51. The van der Waals surface area contributed by atoms with Gasteiger partial charge in [-0.25, -0.2) is 0 Å². The smallest absolute Gasteiger partial charge is 0.308 e. The van der Waals surface area contributed by atoms with Gasteiger partial charge in [-0.3, -0.25) is 19.2 Å². The molecule has 0 saturated heterocycles. The Hall–Kier alpha value is -3.97. The molecule has 0 radical (unpaired) electrons. The first-order valence-electron chi connectivity index (χ1n) is 11.8. The maximum atomic E-state index is 12.8. The van der Waals surface area contributed by atoms with Crippen LogP contribution in [0.15, 0.2) is 78.9 Å². The Morgan fingerprint density at radius 2 is 1.49 bits per heavy atom. The summed E-state index contributed by atoms with van der Waals surface area (Å²) in [6, 6.07) is 21.3. The van der Waals surface area contributed by atoms with Crippen molar-refractivity contribution in [1.82, 2.24) is 5.32 Å². The van der Waals surface area contributed by atoms with E-state index in [0.29, 0.717) is 21.8 Å². The first-order chi connectivity index (χ1) is 17.5. The number of ketones is 1. The summed E-state index contributed by atoms with van der Waals surface area (Å²) in [6.45, 7) is 4.96. The molecular weight excluding hydrogens is 492 g/mol. The van der Waals surface area contributed by atoms with Gasteiger partial charge in [0.25, 0.3) is 5.91 Å². The number of halogens is 1. The van der Waals surface area contributed by atoms with Gasteiger partial charge in [-0.1, -0.05) is 74.8 Å². The summed E-state index contributed by atoms with van der Waals surface area (Å²) in [5.41, 5.74) is 1.35. The van der Waals surface area contributed by atoms with E-state index in [1.165, 1.54) is 0 Å². The number of amides is 2. The van der Waals surface area contributed by atoms with E-state index in [0.717, 1.165) is 0 Å². The topological polar surface area (TPSA) is 102 Å². The number of ether oxygens (including phenoxy) is 1. The van der Waals surface area contributed by atoms with Gasteiger partial charge in [0.1, 0.15) is 0 Å². The molecule has 2 amide bonds. The van der Waals surface area contributed by atoms with Gasteiger partial charge >= 0.3 is 5.97 Å². The van der Waals surface area contributed by atoms with Gasteiger partial charge in [0, 0.05) is 16.7 Å². The molecule has 3 aromatic rings. The molecule has 0 aliphatic carbocycles. The van der Waals surface area contributed by atoms with Crippen molar-refractivity contribution in [3.8, 4) is 0 Å². The minimum Gasteiger partial charge on any atom is -0.457 e.